The van der Waals surface area contributed by atoms with Crippen LogP contribution in [0.3, 0.4) is 0 Å². The molecule has 1 aliphatic heterocycles. The molecular formula is C14H20N2O2S2. The Morgan fingerprint density at radius 1 is 1.50 bits per heavy atom. The molecule has 4 nitrogen and oxygen atoms in total. The third kappa shape index (κ3) is 3.19. The van der Waals surface area contributed by atoms with Gasteiger partial charge in [-0.2, -0.15) is 4.31 Å². The van der Waals surface area contributed by atoms with Crippen molar-refractivity contribution < 1.29 is 8.42 Å². The number of hydrogen-bond donors (Lipinski definition) is 1. The largest absolute Gasteiger partial charge is 0.389 e. The van der Waals surface area contributed by atoms with Crippen LogP contribution in [0, 0.1) is 5.92 Å². The first-order chi connectivity index (χ1) is 9.45. The van der Waals surface area contributed by atoms with Crippen molar-refractivity contribution in [1.82, 2.24) is 4.31 Å². The Balaban J connectivity index is 2.23. The maximum absolute atomic E-state index is 12.6. The molecule has 2 N–H and O–H groups in total. The van der Waals surface area contributed by atoms with Crippen LogP contribution in [-0.2, 0) is 10.0 Å². The highest BCUT2D eigenvalue weighted by atomic mass is 32.2. The van der Waals surface area contributed by atoms with Crippen LogP contribution in [0.2, 0.25) is 0 Å². The standard InChI is InChI=1S/C14H20N2O2S2/c1-2-4-11-7-8-16(10-11)20(17,18)13-6-3-5-12(9-13)14(15)19/h3,5-6,9,11H,2,4,7-8,10H2,1H3,(H2,15,19). The topological polar surface area (TPSA) is 63.4 Å². The van der Waals surface area contributed by atoms with Crippen molar-refractivity contribution in [3.8, 4) is 0 Å². The molecule has 1 atom stereocenters. The minimum atomic E-state index is -3.43. The van der Waals surface area contributed by atoms with Gasteiger partial charge in [-0.15, -0.1) is 0 Å². The van der Waals surface area contributed by atoms with E-state index in [9.17, 15) is 8.42 Å². The number of hydrogen-bond acceptors (Lipinski definition) is 3. The van der Waals surface area contributed by atoms with Gasteiger partial charge in [0.05, 0.1) is 4.90 Å². The monoisotopic (exact) mass is 312 g/mol. The molecule has 0 radical (unpaired) electrons. The van der Waals surface area contributed by atoms with Crippen LogP contribution < -0.4 is 5.73 Å². The first-order valence-electron chi connectivity index (χ1n) is 6.85. The molecule has 1 saturated heterocycles. The lowest BCUT2D eigenvalue weighted by Crippen LogP contribution is -2.29. The van der Waals surface area contributed by atoms with E-state index in [-0.39, 0.29) is 9.88 Å². The third-order valence-corrected chi connectivity index (χ3v) is 5.80. The summed E-state index contributed by atoms with van der Waals surface area (Å²) in [4.78, 5) is 0.493. The molecule has 1 unspecified atom stereocenters. The fourth-order valence-electron chi connectivity index (χ4n) is 2.62. The van der Waals surface area contributed by atoms with Gasteiger partial charge in [0.15, 0.2) is 0 Å². The predicted octanol–water partition coefficient (Wildman–Crippen LogP) is 2.13. The minimum absolute atomic E-state index is 0.215. The molecule has 20 heavy (non-hydrogen) atoms. The van der Waals surface area contributed by atoms with Gasteiger partial charge in [-0.25, -0.2) is 8.42 Å². The zero-order valence-corrected chi connectivity index (χ0v) is 13.2. The molecular weight excluding hydrogens is 292 g/mol. The number of thiocarbonyl (C=S) groups is 1. The summed E-state index contributed by atoms with van der Waals surface area (Å²) in [6.45, 7) is 3.35. The Morgan fingerprint density at radius 2 is 2.25 bits per heavy atom. The maximum Gasteiger partial charge on any atom is 0.243 e. The van der Waals surface area contributed by atoms with Crippen molar-refractivity contribution in [3.63, 3.8) is 0 Å². The summed E-state index contributed by atoms with van der Waals surface area (Å²) in [5.41, 5.74) is 6.15. The molecule has 1 heterocycles. The summed E-state index contributed by atoms with van der Waals surface area (Å²) in [6.07, 6.45) is 3.12. The molecule has 2 rings (SSSR count). The number of benzene rings is 1. The minimum Gasteiger partial charge on any atom is -0.389 e. The molecule has 6 heteroatoms. The van der Waals surface area contributed by atoms with Crippen LogP contribution in [-0.4, -0.2) is 30.8 Å². The van der Waals surface area contributed by atoms with Crippen molar-refractivity contribution in [1.29, 1.82) is 0 Å². The quantitative estimate of drug-likeness (QED) is 0.846. The van der Waals surface area contributed by atoms with Crippen molar-refractivity contribution in [2.45, 2.75) is 31.1 Å². The van der Waals surface area contributed by atoms with Gasteiger partial charge >= 0.3 is 0 Å². The molecule has 1 aromatic carbocycles. The fourth-order valence-corrected chi connectivity index (χ4v) is 4.32. The fraction of sp³-hybridized carbons (Fsp3) is 0.500. The van der Waals surface area contributed by atoms with Crippen molar-refractivity contribution in [2.75, 3.05) is 13.1 Å². The van der Waals surface area contributed by atoms with E-state index in [2.05, 4.69) is 6.92 Å². The van der Waals surface area contributed by atoms with Crippen LogP contribution in [0.5, 0.6) is 0 Å². The summed E-state index contributed by atoms with van der Waals surface area (Å²) in [7, 11) is -3.43. The van der Waals surface area contributed by atoms with Crippen molar-refractivity contribution in [2.24, 2.45) is 11.7 Å². The number of sulfonamides is 1. The van der Waals surface area contributed by atoms with E-state index < -0.39 is 10.0 Å². The summed E-state index contributed by atoms with van der Waals surface area (Å²) < 4.78 is 26.8. The van der Waals surface area contributed by atoms with E-state index >= 15 is 0 Å². The highest BCUT2D eigenvalue weighted by molar-refractivity contribution is 7.89. The Labute approximate surface area is 126 Å². The molecule has 0 amide bonds. The van der Waals surface area contributed by atoms with E-state index in [0.29, 0.717) is 24.6 Å². The summed E-state index contributed by atoms with van der Waals surface area (Å²) in [5, 5.41) is 0. The SMILES string of the molecule is CCCC1CCN(S(=O)(=O)c2cccc(C(N)=S)c2)C1. The molecule has 1 fully saturated rings. The molecule has 1 aliphatic rings. The molecule has 0 aliphatic carbocycles. The first kappa shape index (κ1) is 15.4. The normalized spacial score (nSPS) is 20.1. The molecule has 110 valence electrons. The lowest BCUT2D eigenvalue weighted by molar-refractivity contribution is 0.444. The maximum atomic E-state index is 12.6. The summed E-state index contributed by atoms with van der Waals surface area (Å²) >= 11 is 4.90. The molecule has 1 aromatic rings. The van der Waals surface area contributed by atoms with Crippen LogP contribution in [0.15, 0.2) is 29.2 Å². The number of nitrogens with two attached hydrogens (primary N) is 1. The van der Waals surface area contributed by atoms with Crippen LogP contribution in [0.25, 0.3) is 0 Å². The van der Waals surface area contributed by atoms with Gasteiger partial charge in [0.2, 0.25) is 10.0 Å². The van der Waals surface area contributed by atoms with Crippen LogP contribution in [0.4, 0.5) is 0 Å². The second kappa shape index (κ2) is 6.20. The van der Waals surface area contributed by atoms with Gasteiger partial charge in [0.1, 0.15) is 4.99 Å². The van der Waals surface area contributed by atoms with E-state index in [1.54, 1.807) is 28.6 Å². The first-order valence-corrected chi connectivity index (χ1v) is 8.70. The third-order valence-electron chi connectivity index (χ3n) is 3.70. The van der Waals surface area contributed by atoms with Gasteiger partial charge in [0, 0.05) is 18.7 Å². The Bertz CT molecular complexity index is 599. The lowest BCUT2D eigenvalue weighted by Gasteiger charge is -2.17. The van der Waals surface area contributed by atoms with Gasteiger partial charge in [0.25, 0.3) is 0 Å². The van der Waals surface area contributed by atoms with Gasteiger partial charge in [-0.3, -0.25) is 0 Å². The summed E-state index contributed by atoms with van der Waals surface area (Å²) in [6, 6.07) is 6.57. The van der Waals surface area contributed by atoms with Crippen molar-refractivity contribution in [3.05, 3.63) is 29.8 Å². The van der Waals surface area contributed by atoms with Crippen LogP contribution >= 0.6 is 12.2 Å². The smallest absolute Gasteiger partial charge is 0.243 e. The van der Waals surface area contributed by atoms with E-state index in [1.165, 1.54) is 0 Å². The van der Waals surface area contributed by atoms with Gasteiger partial charge in [-0.05, 0) is 30.9 Å². The van der Waals surface area contributed by atoms with E-state index in [1.807, 2.05) is 0 Å². The average molecular weight is 312 g/mol. The highest BCUT2D eigenvalue weighted by Crippen LogP contribution is 2.27. The Kier molecular flexibility index (Phi) is 4.78. The molecule has 0 spiro atoms. The number of nitrogens with zero attached hydrogens (tertiary/aromatic N) is 1. The molecule has 0 saturated carbocycles. The average Bonchev–Trinajstić information content (AvgIpc) is 2.88. The lowest BCUT2D eigenvalue weighted by atomic mass is 10.0. The summed E-state index contributed by atoms with van der Waals surface area (Å²) in [5.74, 6) is 0.480. The van der Waals surface area contributed by atoms with Crippen molar-refractivity contribution >= 4 is 27.2 Å². The Morgan fingerprint density at radius 3 is 2.90 bits per heavy atom. The molecule has 0 bridgehead atoms. The van der Waals surface area contributed by atoms with Gasteiger partial charge in [-0.1, -0.05) is 37.7 Å². The van der Waals surface area contributed by atoms with E-state index in [4.69, 9.17) is 18.0 Å². The predicted molar refractivity (Wildman–Crippen MR) is 84.1 cm³/mol. The zero-order valence-electron chi connectivity index (χ0n) is 11.6. The molecule has 0 aromatic heterocycles. The van der Waals surface area contributed by atoms with Crippen LogP contribution in [0.1, 0.15) is 31.7 Å². The van der Waals surface area contributed by atoms with E-state index in [0.717, 1.165) is 19.3 Å². The second-order valence-electron chi connectivity index (χ2n) is 5.20. The highest BCUT2D eigenvalue weighted by Gasteiger charge is 2.32. The zero-order chi connectivity index (χ0) is 14.8. The Hall–Kier alpha value is -0.980. The van der Waals surface area contributed by atoms with Gasteiger partial charge < -0.3 is 5.73 Å². The number of rotatable bonds is 5. The second-order valence-corrected chi connectivity index (χ2v) is 7.58.